The highest BCUT2D eigenvalue weighted by Gasteiger charge is 2.33. The van der Waals surface area contributed by atoms with Gasteiger partial charge in [-0.25, -0.2) is 9.78 Å². The zero-order valence-electron chi connectivity index (χ0n) is 19.4. The number of nitrogens with one attached hydrogen (secondary N) is 2. The standard InChI is InChI=1S/C27H26N4O4S/c32-18-6-4-5-16(15-18)29-25(33)24-23-22-21(13-14-28-26(22)36-24)31(27(34)30-23)17-9-11-20(12-10-17)35-19-7-2-1-3-8-19/h1-3,7-14,16,18,25,29,32-33H,4-6,15H2,(H,30,34)/t16-,18-,25?/m1/s1. The minimum absolute atomic E-state index is 0.0148. The van der Waals surface area contributed by atoms with Crippen LogP contribution in [0, 0.1) is 0 Å². The summed E-state index contributed by atoms with van der Waals surface area (Å²) in [6.07, 6.45) is 3.56. The maximum absolute atomic E-state index is 13.3. The van der Waals surface area contributed by atoms with E-state index in [0.29, 0.717) is 34.1 Å². The molecule has 1 saturated carbocycles. The van der Waals surface area contributed by atoms with Crippen LogP contribution in [0.3, 0.4) is 0 Å². The second-order valence-corrected chi connectivity index (χ2v) is 10.1. The smallest absolute Gasteiger partial charge is 0.331 e. The minimum atomic E-state index is -0.969. The van der Waals surface area contributed by atoms with Crippen LogP contribution >= 0.6 is 11.3 Å². The van der Waals surface area contributed by atoms with Gasteiger partial charge in [0.15, 0.2) is 0 Å². The Balaban J connectivity index is 1.29. The van der Waals surface area contributed by atoms with Gasteiger partial charge in [0, 0.05) is 12.2 Å². The molecule has 6 rings (SSSR count). The zero-order valence-corrected chi connectivity index (χ0v) is 20.2. The number of benzene rings is 2. The first-order chi connectivity index (χ1) is 17.6. The molecule has 0 bridgehead atoms. The molecule has 184 valence electrons. The Morgan fingerprint density at radius 1 is 1.08 bits per heavy atom. The number of ether oxygens (including phenoxy) is 1. The molecule has 1 aliphatic carbocycles. The van der Waals surface area contributed by atoms with E-state index >= 15 is 0 Å². The summed E-state index contributed by atoms with van der Waals surface area (Å²) >= 11 is 1.36. The van der Waals surface area contributed by atoms with Gasteiger partial charge in [0.05, 0.1) is 33.4 Å². The SMILES string of the molecule is O=C1Nc2c(C(O)N[C@@H]3CCC[C@@H](O)C3)sc3nccc(c23)N1c1ccc(Oc2ccccc2)cc1. The predicted octanol–water partition coefficient (Wildman–Crippen LogP) is 5.66. The van der Waals surface area contributed by atoms with Gasteiger partial charge in [-0.05, 0) is 68.1 Å². The van der Waals surface area contributed by atoms with Crippen LogP contribution in [0.4, 0.5) is 21.9 Å². The third kappa shape index (κ3) is 4.31. The number of hydrogen-bond acceptors (Lipinski definition) is 7. The van der Waals surface area contributed by atoms with Crippen molar-refractivity contribution < 1.29 is 19.7 Å². The quantitative estimate of drug-likeness (QED) is 0.254. The van der Waals surface area contributed by atoms with Crippen LogP contribution in [0.15, 0.2) is 66.9 Å². The third-order valence-electron chi connectivity index (χ3n) is 6.64. The Labute approximate surface area is 212 Å². The van der Waals surface area contributed by atoms with Gasteiger partial charge in [0.2, 0.25) is 0 Å². The average molecular weight is 503 g/mol. The molecule has 2 amide bonds. The monoisotopic (exact) mass is 502 g/mol. The Morgan fingerprint density at radius 2 is 1.86 bits per heavy atom. The highest BCUT2D eigenvalue weighted by atomic mass is 32.1. The van der Waals surface area contributed by atoms with Crippen LogP contribution in [-0.2, 0) is 0 Å². The van der Waals surface area contributed by atoms with Crippen molar-refractivity contribution in [1.29, 1.82) is 0 Å². The van der Waals surface area contributed by atoms with E-state index in [1.54, 1.807) is 11.1 Å². The molecule has 36 heavy (non-hydrogen) atoms. The number of rotatable bonds is 6. The van der Waals surface area contributed by atoms with Gasteiger partial charge in [-0.1, -0.05) is 18.2 Å². The maximum atomic E-state index is 13.3. The van der Waals surface area contributed by atoms with Crippen molar-refractivity contribution in [2.75, 3.05) is 10.2 Å². The second-order valence-electron chi connectivity index (χ2n) is 9.11. The van der Waals surface area contributed by atoms with Crippen molar-refractivity contribution in [1.82, 2.24) is 10.3 Å². The van der Waals surface area contributed by atoms with Gasteiger partial charge in [-0.3, -0.25) is 10.2 Å². The fourth-order valence-corrected chi connectivity index (χ4v) is 6.02. The van der Waals surface area contributed by atoms with Crippen molar-refractivity contribution in [3.63, 3.8) is 0 Å². The molecule has 0 spiro atoms. The van der Waals surface area contributed by atoms with Crippen LogP contribution in [0.25, 0.3) is 10.2 Å². The summed E-state index contributed by atoms with van der Waals surface area (Å²) in [6, 6.07) is 18.4. The molecule has 0 saturated heterocycles. The van der Waals surface area contributed by atoms with Gasteiger partial charge in [0.1, 0.15) is 22.6 Å². The third-order valence-corrected chi connectivity index (χ3v) is 7.79. The topological polar surface area (TPSA) is 107 Å². The van der Waals surface area contributed by atoms with E-state index in [0.717, 1.165) is 35.2 Å². The minimum Gasteiger partial charge on any atom is -0.457 e. The lowest BCUT2D eigenvalue weighted by molar-refractivity contribution is 0.0736. The lowest BCUT2D eigenvalue weighted by Gasteiger charge is -2.30. The maximum Gasteiger partial charge on any atom is 0.331 e. The molecule has 1 aliphatic heterocycles. The van der Waals surface area contributed by atoms with Gasteiger partial charge in [-0.2, -0.15) is 0 Å². The molecule has 8 nitrogen and oxygen atoms in total. The first kappa shape index (κ1) is 22.9. The molecule has 2 aromatic heterocycles. The van der Waals surface area contributed by atoms with Crippen LogP contribution in [-0.4, -0.2) is 33.4 Å². The van der Waals surface area contributed by atoms with Gasteiger partial charge in [-0.15, -0.1) is 11.3 Å². The highest BCUT2D eigenvalue weighted by molar-refractivity contribution is 7.19. The summed E-state index contributed by atoms with van der Waals surface area (Å²) in [5.41, 5.74) is 1.98. The Hall–Kier alpha value is -3.50. The Bertz CT molecular complexity index is 1390. The molecular formula is C27H26N4O4S. The van der Waals surface area contributed by atoms with Gasteiger partial charge >= 0.3 is 6.03 Å². The zero-order chi connectivity index (χ0) is 24.6. The second kappa shape index (κ2) is 9.51. The number of anilines is 3. The molecule has 0 radical (unpaired) electrons. The number of para-hydroxylation sites is 1. The first-order valence-electron chi connectivity index (χ1n) is 12.0. The van der Waals surface area contributed by atoms with Crippen molar-refractivity contribution in [2.45, 2.75) is 44.1 Å². The normalized spacial score (nSPS) is 20.3. The van der Waals surface area contributed by atoms with Crippen LogP contribution in [0.5, 0.6) is 11.5 Å². The number of aromatic nitrogens is 1. The number of carbonyl (C=O) groups is 1. The predicted molar refractivity (Wildman–Crippen MR) is 140 cm³/mol. The number of thiophene rings is 1. The summed E-state index contributed by atoms with van der Waals surface area (Å²) in [7, 11) is 0. The van der Waals surface area contributed by atoms with Crippen LogP contribution in [0.1, 0.15) is 36.8 Å². The van der Waals surface area contributed by atoms with E-state index < -0.39 is 6.23 Å². The fraction of sp³-hybridized carbons (Fsp3) is 0.259. The number of carbonyl (C=O) groups excluding carboxylic acids is 1. The Kier molecular flexibility index (Phi) is 6.06. The molecular weight excluding hydrogens is 476 g/mol. The molecule has 9 heteroatoms. The average Bonchev–Trinajstić information content (AvgIpc) is 3.25. The summed E-state index contributed by atoms with van der Waals surface area (Å²) in [6.45, 7) is 0. The fourth-order valence-electron chi connectivity index (χ4n) is 4.96. The molecule has 4 aromatic rings. The van der Waals surface area contributed by atoms with E-state index in [2.05, 4.69) is 15.6 Å². The molecule has 2 aliphatic rings. The number of aliphatic hydroxyl groups is 2. The van der Waals surface area contributed by atoms with Crippen LogP contribution in [0.2, 0.25) is 0 Å². The van der Waals surface area contributed by atoms with Gasteiger partial charge in [0.25, 0.3) is 0 Å². The number of nitrogens with zero attached hydrogens (tertiary/aromatic N) is 2. The first-order valence-corrected chi connectivity index (χ1v) is 12.9. The molecule has 2 aromatic carbocycles. The van der Waals surface area contributed by atoms with Gasteiger partial charge < -0.3 is 20.3 Å². The highest BCUT2D eigenvalue weighted by Crippen LogP contribution is 2.47. The summed E-state index contributed by atoms with van der Waals surface area (Å²) < 4.78 is 5.88. The number of urea groups is 1. The number of pyridine rings is 1. The van der Waals surface area contributed by atoms with Crippen molar-refractivity contribution in [2.24, 2.45) is 0 Å². The summed E-state index contributed by atoms with van der Waals surface area (Å²) in [4.78, 5) is 20.8. The lowest BCUT2D eigenvalue weighted by Crippen LogP contribution is -2.39. The largest absolute Gasteiger partial charge is 0.457 e. The van der Waals surface area contributed by atoms with Crippen molar-refractivity contribution in [3.05, 3.63) is 71.7 Å². The molecule has 3 atom stereocenters. The van der Waals surface area contributed by atoms with E-state index in [-0.39, 0.29) is 18.2 Å². The number of aliphatic hydroxyl groups excluding tert-OH is 2. The van der Waals surface area contributed by atoms with E-state index in [4.69, 9.17) is 4.74 Å². The summed E-state index contributed by atoms with van der Waals surface area (Å²) in [5, 5.41) is 28.0. The van der Waals surface area contributed by atoms with Crippen molar-refractivity contribution >= 4 is 44.6 Å². The lowest BCUT2D eigenvalue weighted by atomic mass is 9.93. The molecule has 4 N–H and O–H groups in total. The molecule has 1 fully saturated rings. The number of hydrogen-bond donors (Lipinski definition) is 4. The van der Waals surface area contributed by atoms with E-state index in [1.807, 2.05) is 60.7 Å². The van der Waals surface area contributed by atoms with E-state index in [1.165, 1.54) is 11.3 Å². The van der Waals surface area contributed by atoms with E-state index in [9.17, 15) is 15.0 Å². The molecule has 3 heterocycles. The number of amides is 2. The molecule has 1 unspecified atom stereocenters. The van der Waals surface area contributed by atoms with Crippen LogP contribution < -0.4 is 20.3 Å². The Morgan fingerprint density at radius 3 is 2.64 bits per heavy atom. The van der Waals surface area contributed by atoms with Crippen molar-refractivity contribution in [3.8, 4) is 11.5 Å². The summed E-state index contributed by atoms with van der Waals surface area (Å²) in [5.74, 6) is 1.41.